The minimum Gasteiger partial charge on any atom is -0.473 e. The maximum Gasteiger partial charge on any atom is 0.217 e. The Labute approximate surface area is 144 Å². The van der Waals surface area contributed by atoms with E-state index in [1.165, 1.54) is 0 Å². The van der Waals surface area contributed by atoms with E-state index in [1.807, 2.05) is 42.7 Å². The van der Waals surface area contributed by atoms with Crippen LogP contribution in [0.2, 0.25) is 0 Å². The van der Waals surface area contributed by atoms with Crippen LogP contribution in [0, 0.1) is 0 Å². The Morgan fingerprint density at radius 3 is 2.76 bits per heavy atom. The summed E-state index contributed by atoms with van der Waals surface area (Å²) in [5.41, 5.74) is 3.56. The van der Waals surface area contributed by atoms with E-state index in [1.54, 1.807) is 27.7 Å². The third kappa shape index (κ3) is 3.22. The van der Waals surface area contributed by atoms with Crippen molar-refractivity contribution in [2.75, 3.05) is 6.61 Å². The normalized spacial score (nSPS) is 11.1. The first-order valence-electron chi connectivity index (χ1n) is 7.98. The molecule has 0 unspecified atom stereocenters. The number of ether oxygens (including phenoxy) is 1. The van der Waals surface area contributed by atoms with Crippen molar-refractivity contribution in [3.63, 3.8) is 0 Å². The number of nitrogens with zero attached hydrogens (tertiary/aromatic N) is 5. The Hall–Kier alpha value is -3.19. The van der Waals surface area contributed by atoms with Gasteiger partial charge in [0.05, 0.1) is 25.5 Å². The van der Waals surface area contributed by atoms with Crippen LogP contribution in [-0.2, 0) is 13.2 Å². The van der Waals surface area contributed by atoms with Crippen LogP contribution in [0.3, 0.4) is 0 Å². The van der Waals surface area contributed by atoms with Crippen LogP contribution in [0.25, 0.3) is 16.8 Å². The number of rotatable bonds is 6. The zero-order valence-corrected chi connectivity index (χ0v) is 13.5. The molecule has 4 rings (SSSR count). The molecule has 3 heterocycles. The van der Waals surface area contributed by atoms with Crippen LogP contribution in [-0.4, -0.2) is 36.1 Å². The van der Waals surface area contributed by atoms with E-state index in [0.29, 0.717) is 24.7 Å². The van der Waals surface area contributed by atoms with Gasteiger partial charge in [0.15, 0.2) is 5.65 Å². The first-order chi connectivity index (χ1) is 12.3. The molecule has 1 aromatic carbocycles. The van der Waals surface area contributed by atoms with Crippen molar-refractivity contribution in [2.24, 2.45) is 0 Å². The molecule has 0 aliphatic heterocycles. The minimum atomic E-state index is 0.0472. The van der Waals surface area contributed by atoms with Crippen molar-refractivity contribution in [2.45, 2.75) is 13.2 Å². The molecule has 0 saturated heterocycles. The predicted octanol–water partition coefficient (Wildman–Crippen LogP) is 2.16. The monoisotopic (exact) mass is 335 g/mol. The molecule has 25 heavy (non-hydrogen) atoms. The second kappa shape index (κ2) is 6.74. The highest BCUT2D eigenvalue weighted by Crippen LogP contribution is 2.24. The predicted molar refractivity (Wildman–Crippen MR) is 92.1 cm³/mol. The molecular formula is C18H17N5O2. The molecule has 7 heteroatoms. The number of hydrogen-bond acceptors (Lipinski definition) is 5. The highest BCUT2D eigenvalue weighted by molar-refractivity contribution is 5.76. The fourth-order valence-electron chi connectivity index (χ4n) is 2.60. The fourth-order valence-corrected chi connectivity index (χ4v) is 2.60. The smallest absolute Gasteiger partial charge is 0.217 e. The van der Waals surface area contributed by atoms with Crippen LogP contribution in [0.5, 0.6) is 5.88 Å². The molecule has 0 radical (unpaired) electrons. The molecule has 4 aromatic rings. The van der Waals surface area contributed by atoms with Gasteiger partial charge < -0.3 is 9.84 Å². The molecule has 0 aliphatic rings. The summed E-state index contributed by atoms with van der Waals surface area (Å²) >= 11 is 0. The van der Waals surface area contributed by atoms with Crippen LogP contribution < -0.4 is 4.74 Å². The molecule has 126 valence electrons. The molecule has 3 aromatic heterocycles. The average Bonchev–Trinajstić information content (AvgIpc) is 3.27. The molecule has 0 fully saturated rings. The Morgan fingerprint density at radius 2 is 1.92 bits per heavy atom. The van der Waals surface area contributed by atoms with Crippen LogP contribution in [0.1, 0.15) is 5.56 Å². The summed E-state index contributed by atoms with van der Waals surface area (Å²) < 4.78 is 9.19. The zero-order valence-electron chi connectivity index (χ0n) is 13.5. The zero-order chi connectivity index (χ0) is 17.1. The van der Waals surface area contributed by atoms with E-state index >= 15 is 0 Å². The van der Waals surface area contributed by atoms with Crippen LogP contribution in [0.4, 0.5) is 0 Å². The Kier molecular flexibility index (Phi) is 4.14. The van der Waals surface area contributed by atoms with E-state index in [0.717, 1.165) is 16.7 Å². The molecule has 0 aliphatic carbocycles. The lowest BCUT2D eigenvalue weighted by Gasteiger charge is -2.06. The summed E-state index contributed by atoms with van der Waals surface area (Å²) in [5.74, 6) is 0.542. The van der Waals surface area contributed by atoms with E-state index in [4.69, 9.17) is 9.84 Å². The van der Waals surface area contributed by atoms with Crippen LogP contribution >= 0.6 is 0 Å². The third-order valence-corrected chi connectivity index (χ3v) is 3.85. The van der Waals surface area contributed by atoms with Crippen molar-refractivity contribution in [1.82, 2.24) is 24.4 Å². The Morgan fingerprint density at radius 1 is 1.04 bits per heavy atom. The Bertz CT molecular complexity index is 977. The summed E-state index contributed by atoms with van der Waals surface area (Å²) in [5, 5.41) is 17.6. The largest absolute Gasteiger partial charge is 0.473 e. The number of benzene rings is 1. The molecule has 0 spiro atoms. The number of aromatic nitrogens is 5. The number of hydrogen-bond donors (Lipinski definition) is 1. The molecule has 0 saturated carbocycles. The van der Waals surface area contributed by atoms with Crippen molar-refractivity contribution >= 4 is 5.65 Å². The van der Waals surface area contributed by atoms with Gasteiger partial charge in [0.1, 0.15) is 6.61 Å². The first-order valence-corrected chi connectivity index (χ1v) is 7.98. The lowest BCUT2D eigenvalue weighted by Crippen LogP contribution is -2.01. The van der Waals surface area contributed by atoms with Crippen LogP contribution in [0.15, 0.2) is 61.2 Å². The van der Waals surface area contributed by atoms with Crippen molar-refractivity contribution in [1.29, 1.82) is 0 Å². The van der Waals surface area contributed by atoms with E-state index < -0.39 is 0 Å². The highest BCUT2D eigenvalue weighted by Gasteiger charge is 2.11. The third-order valence-electron chi connectivity index (χ3n) is 3.85. The van der Waals surface area contributed by atoms with E-state index in [9.17, 15) is 0 Å². The Balaban J connectivity index is 1.60. The van der Waals surface area contributed by atoms with Crippen molar-refractivity contribution in [3.8, 4) is 17.0 Å². The summed E-state index contributed by atoms with van der Waals surface area (Å²) in [6, 6.07) is 11.8. The summed E-state index contributed by atoms with van der Waals surface area (Å²) in [6.45, 7) is 0.964. The summed E-state index contributed by atoms with van der Waals surface area (Å²) in [7, 11) is 0. The van der Waals surface area contributed by atoms with Gasteiger partial charge in [-0.15, -0.1) is 0 Å². The SMILES string of the molecule is OCCn1cc(-c2cnn3ccc(OCc4ccccc4)nc23)cn1. The quantitative estimate of drug-likeness (QED) is 0.584. The van der Waals surface area contributed by atoms with Gasteiger partial charge in [-0.05, 0) is 5.56 Å². The molecule has 1 N–H and O–H groups in total. The molecule has 0 bridgehead atoms. The first kappa shape index (κ1) is 15.3. The van der Waals surface area contributed by atoms with Crippen molar-refractivity contribution in [3.05, 3.63) is 66.7 Å². The maximum absolute atomic E-state index is 9.01. The van der Waals surface area contributed by atoms with Crippen molar-refractivity contribution < 1.29 is 9.84 Å². The molecule has 0 amide bonds. The van der Waals surface area contributed by atoms with Gasteiger partial charge in [-0.3, -0.25) is 4.68 Å². The van der Waals surface area contributed by atoms with Gasteiger partial charge >= 0.3 is 0 Å². The second-order valence-corrected chi connectivity index (χ2v) is 5.58. The standard InChI is InChI=1S/C18H17N5O2/c24-9-8-22-12-15(10-19-22)16-11-20-23-7-6-17(21-18(16)23)25-13-14-4-2-1-3-5-14/h1-7,10-12,24H,8-9,13H2. The van der Waals surface area contributed by atoms with Gasteiger partial charge in [-0.2, -0.15) is 15.2 Å². The van der Waals surface area contributed by atoms with Gasteiger partial charge in [0, 0.05) is 29.6 Å². The maximum atomic E-state index is 9.01. The minimum absolute atomic E-state index is 0.0472. The van der Waals surface area contributed by atoms with Gasteiger partial charge in [-0.25, -0.2) is 4.52 Å². The molecule has 7 nitrogen and oxygen atoms in total. The van der Waals surface area contributed by atoms with Gasteiger partial charge in [-0.1, -0.05) is 30.3 Å². The number of aliphatic hydroxyl groups excluding tert-OH is 1. The lowest BCUT2D eigenvalue weighted by atomic mass is 10.2. The molecular weight excluding hydrogens is 318 g/mol. The topological polar surface area (TPSA) is 77.5 Å². The fraction of sp³-hybridized carbons (Fsp3) is 0.167. The van der Waals surface area contributed by atoms with Gasteiger partial charge in [0.25, 0.3) is 0 Å². The highest BCUT2D eigenvalue weighted by atomic mass is 16.5. The molecule has 0 atom stereocenters. The number of aliphatic hydroxyl groups is 1. The lowest BCUT2D eigenvalue weighted by molar-refractivity contribution is 0.269. The second-order valence-electron chi connectivity index (χ2n) is 5.58. The average molecular weight is 335 g/mol. The summed E-state index contributed by atoms with van der Waals surface area (Å²) in [4.78, 5) is 4.57. The van der Waals surface area contributed by atoms with Gasteiger partial charge in [0.2, 0.25) is 5.88 Å². The number of fused-ring (bicyclic) bond motifs is 1. The van der Waals surface area contributed by atoms with E-state index in [-0.39, 0.29) is 6.61 Å². The summed E-state index contributed by atoms with van der Waals surface area (Å²) in [6.07, 6.45) is 7.19. The van der Waals surface area contributed by atoms with E-state index in [2.05, 4.69) is 15.2 Å².